The van der Waals surface area contributed by atoms with Crippen molar-refractivity contribution in [1.29, 1.82) is 0 Å². The standard InChI is InChI=1S/C22H26F3N7O6S/c23-22(24,25)14-8-9-18(17(12-14)32(35)36)39(37,38)31-15(7-4-10-29-21(27)28)20(34)30-16(19(26)33)11-13-5-2-1-3-6-13/h1-3,5-6,8-9,12,15-16,31H,4,7,10-11H2,(H2,26,33)(H,30,34)(H4,27,28,29)/p+1/t15-,16-/m0/s1. The van der Waals surface area contributed by atoms with E-state index >= 15 is 0 Å². The Morgan fingerprint density at radius 1 is 1.05 bits per heavy atom. The highest BCUT2D eigenvalue weighted by molar-refractivity contribution is 7.89. The van der Waals surface area contributed by atoms with Gasteiger partial charge in [-0.25, -0.2) is 8.42 Å². The van der Waals surface area contributed by atoms with Gasteiger partial charge in [0.25, 0.3) is 5.69 Å². The first-order valence-electron chi connectivity index (χ1n) is 11.2. The highest BCUT2D eigenvalue weighted by atomic mass is 32.2. The van der Waals surface area contributed by atoms with Gasteiger partial charge in [-0.2, -0.15) is 17.9 Å². The molecule has 13 nitrogen and oxygen atoms in total. The average Bonchev–Trinajstić information content (AvgIpc) is 2.84. The molecule has 2 aromatic carbocycles. The van der Waals surface area contributed by atoms with Crippen LogP contribution < -0.4 is 32.2 Å². The third-order valence-electron chi connectivity index (χ3n) is 5.33. The molecule has 0 heterocycles. The summed E-state index contributed by atoms with van der Waals surface area (Å²) >= 11 is 0. The number of carbonyl (C=O) groups excluding carboxylic acids is 2. The van der Waals surface area contributed by atoms with Crippen molar-refractivity contribution in [2.24, 2.45) is 17.2 Å². The van der Waals surface area contributed by atoms with Crippen LogP contribution in [0, 0.1) is 10.1 Å². The number of rotatable bonds is 13. The summed E-state index contributed by atoms with van der Waals surface area (Å²) in [7, 11) is -4.92. The van der Waals surface area contributed by atoms with Crippen LogP contribution in [0.25, 0.3) is 0 Å². The van der Waals surface area contributed by atoms with Crippen molar-refractivity contribution in [3.63, 3.8) is 0 Å². The topological polar surface area (TPSA) is 228 Å². The molecule has 0 fully saturated rings. The highest BCUT2D eigenvalue weighted by Gasteiger charge is 2.37. The Bertz CT molecular complexity index is 1330. The van der Waals surface area contributed by atoms with Gasteiger partial charge in [0.1, 0.15) is 12.1 Å². The highest BCUT2D eigenvalue weighted by Crippen LogP contribution is 2.34. The summed E-state index contributed by atoms with van der Waals surface area (Å²) in [4.78, 5) is 36.7. The molecule has 39 heavy (non-hydrogen) atoms. The molecular weight excluding hydrogens is 547 g/mol. The van der Waals surface area contributed by atoms with Gasteiger partial charge >= 0.3 is 12.1 Å². The maximum absolute atomic E-state index is 13.1. The van der Waals surface area contributed by atoms with Crippen LogP contribution in [0.2, 0.25) is 0 Å². The fraction of sp³-hybridized carbons (Fsp3) is 0.318. The van der Waals surface area contributed by atoms with E-state index in [1.54, 1.807) is 30.3 Å². The van der Waals surface area contributed by atoms with Crippen molar-refractivity contribution in [2.45, 2.75) is 42.4 Å². The zero-order valence-corrected chi connectivity index (χ0v) is 21.1. The number of alkyl halides is 3. The number of nitro benzene ring substituents is 1. The number of guanidine groups is 1. The molecule has 2 atom stereocenters. The Kier molecular flexibility index (Phi) is 10.3. The van der Waals surface area contributed by atoms with E-state index in [1.165, 1.54) is 0 Å². The molecule has 0 spiro atoms. The second kappa shape index (κ2) is 13.0. The molecule has 0 aliphatic rings. The molecule has 0 bridgehead atoms. The minimum atomic E-state index is -4.97. The number of sulfonamides is 1. The van der Waals surface area contributed by atoms with Crippen molar-refractivity contribution in [3.05, 3.63) is 69.8 Å². The molecule has 0 aromatic heterocycles. The van der Waals surface area contributed by atoms with Crippen LogP contribution in [0.3, 0.4) is 0 Å². The Labute approximate surface area is 220 Å². The molecule has 2 aromatic rings. The zero-order chi connectivity index (χ0) is 29.4. The predicted octanol–water partition coefficient (Wildman–Crippen LogP) is -1.39. The molecule has 9 N–H and O–H groups in total. The molecular formula is C22H27F3N7O6S+. The maximum atomic E-state index is 13.1. The molecule has 0 aliphatic heterocycles. The normalized spacial score (nSPS) is 13.2. The van der Waals surface area contributed by atoms with Gasteiger partial charge in [-0.15, -0.1) is 0 Å². The number of nitro groups is 1. The number of nitrogens with one attached hydrogen (secondary N) is 3. The average molecular weight is 575 g/mol. The Balaban J connectivity index is 2.38. The quantitative estimate of drug-likeness (QED) is 0.0547. The second-order valence-corrected chi connectivity index (χ2v) is 9.97. The Morgan fingerprint density at radius 2 is 1.69 bits per heavy atom. The molecule has 0 radical (unpaired) electrons. The van der Waals surface area contributed by atoms with E-state index in [0.29, 0.717) is 17.7 Å². The summed E-state index contributed by atoms with van der Waals surface area (Å²) in [6.07, 6.45) is -5.13. The number of hydrogen-bond acceptors (Lipinski definition) is 6. The molecule has 0 unspecified atom stereocenters. The van der Waals surface area contributed by atoms with Gasteiger partial charge in [0.05, 0.1) is 17.0 Å². The number of amides is 2. The summed E-state index contributed by atoms with van der Waals surface area (Å²) in [5, 5.41) is 13.8. The van der Waals surface area contributed by atoms with E-state index in [4.69, 9.17) is 17.2 Å². The summed E-state index contributed by atoms with van der Waals surface area (Å²) in [6, 6.07) is 6.45. The van der Waals surface area contributed by atoms with Gasteiger partial charge in [0, 0.05) is 12.5 Å². The lowest BCUT2D eigenvalue weighted by Gasteiger charge is -2.22. The maximum Gasteiger partial charge on any atom is 0.416 e. The van der Waals surface area contributed by atoms with Gasteiger partial charge in [-0.1, -0.05) is 30.3 Å². The third-order valence-corrected chi connectivity index (χ3v) is 6.85. The van der Waals surface area contributed by atoms with Crippen molar-refractivity contribution in [1.82, 2.24) is 10.0 Å². The lowest BCUT2D eigenvalue weighted by atomic mass is 10.0. The summed E-state index contributed by atoms with van der Waals surface area (Å²) in [6.45, 7) is 0.0948. The van der Waals surface area contributed by atoms with E-state index < -0.39 is 61.2 Å². The van der Waals surface area contributed by atoms with Gasteiger partial charge in [-0.3, -0.25) is 36.2 Å². The minimum Gasteiger partial charge on any atom is -0.368 e. The van der Waals surface area contributed by atoms with Crippen LogP contribution in [0.15, 0.2) is 53.4 Å². The lowest BCUT2D eigenvalue weighted by Crippen LogP contribution is -2.78. The van der Waals surface area contributed by atoms with Crippen LogP contribution in [-0.4, -0.2) is 49.7 Å². The molecule has 17 heteroatoms. The molecule has 0 aliphatic carbocycles. The first-order chi connectivity index (χ1) is 18.1. The van der Waals surface area contributed by atoms with E-state index in [1.807, 2.05) is 4.72 Å². The summed E-state index contributed by atoms with van der Waals surface area (Å²) < 4.78 is 67.2. The third kappa shape index (κ3) is 9.22. The number of nitrogens with two attached hydrogens (primary N) is 3. The first kappa shape index (κ1) is 31.0. The summed E-state index contributed by atoms with van der Waals surface area (Å²) in [5.41, 5.74) is 13.9. The number of primary amides is 1. The SMILES string of the molecule is NC(=O)[C@H](Cc1ccccc1)NC(=O)[C@H](CCC[NH+]=C(N)N)NS(=O)(=O)c1ccc(C(F)(F)F)cc1[N+](=O)[O-]. The lowest BCUT2D eigenvalue weighted by molar-refractivity contribution is -0.459. The van der Waals surface area contributed by atoms with Gasteiger partial charge in [0.15, 0.2) is 4.90 Å². The smallest absolute Gasteiger partial charge is 0.368 e. The number of hydrogen-bond donors (Lipinski definition) is 6. The number of nitrogens with zero attached hydrogens (tertiary/aromatic N) is 1. The Morgan fingerprint density at radius 3 is 2.23 bits per heavy atom. The second-order valence-electron chi connectivity index (χ2n) is 8.29. The fourth-order valence-corrected chi connectivity index (χ4v) is 4.82. The first-order valence-corrected chi connectivity index (χ1v) is 12.7. The molecule has 0 saturated carbocycles. The van der Waals surface area contributed by atoms with Crippen molar-refractivity contribution in [3.8, 4) is 0 Å². The number of halogens is 3. The van der Waals surface area contributed by atoms with E-state index in [2.05, 4.69) is 10.3 Å². The van der Waals surface area contributed by atoms with Crippen molar-refractivity contribution in [2.75, 3.05) is 6.54 Å². The number of benzene rings is 2. The molecule has 2 rings (SSSR count). The van der Waals surface area contributed by atoms with Gasteiger partial charge < -0.3 is 11.1 Å². The molecule has 212 valence electrons. The van der Waals surface area contributed by atoms with Gasteiger partial charge in [0.2, 0.25) is 21.8 Å². The van der Waals surface area contributed by atoms with Crippen LogP contribution in [0.1, 0.15) is 24.0 Å². The number of carbonyl (C=O) groups is 2. The van der Waals surface area contributed by atoms with Crippen molar-refractivity contribution >= 4 is 33.5 Å². The van der Waals surface area contributed by atoms with E-state index in [0.717, 1.165) is 0 Å². The minimum absolute atomic E-state index is 0.0218. The summed E-state index contributed by atoms with van der Waals surface area (Å²) in [5.74, 6) is -2.06. The zero-order valence-electron chi connectivity index (χ0n) is 20.3. The van der Waals surface area contributed by atoms with Crippen molar-refractivity contribution < 1.29 is 41.1 Å². The Hall–Kier alpha value is -4.25. The van der Waals surface area contributed by atoms with Crippen LogP contribution >= 0.6 is 0 Å². The largest absolute Gasteiger partial charge is 0.416 e. The van der Waals surface area contributed by atoms with Gasteiger partial charge in [-0.05, 0) is 30.5 Å². The fourth-order valence-electron chi connectivity index (χ4n) is 3.44. The predicted molar refractivity (Wildman–Crippen MR) is 132 cm³/mol. The van der Waals surface area contributed by atoms with E-state index in [9.17, 15) is 41.3 Å². The monoisotopic (exact) mass is 574 g/mol. The molecule has 2 amide bonds. The van der Waals surface area contributed by atoms with Crippen LogP contribution in [-0.2, 0) is 32.2 Å². The van der Waals surface area contributed by atoms with Crippen LogP contribution in [0.4, 0.5) is 18.9 Å². The van der Waals surface area contributed by atoms with Crippen LogP contribution in [0.5, 0.6) is 0 Å². The molecule has 0 saturated heterocycles. The van der Waals surface area contributed by atoms with E-state index in [-0.39, 0.29) is 37.8 Å².